The summed E-state index contributed by atoms with van der Waals surface area (Å²) in [5.41, 5.74) is 9.96. The molecule has 0 aliphatic carbocycles. The lowest BCUT2D eigenvalue weighted by Crippen LogP contribution is -2.13. The maximum Gasteiger partial charge on any atom is 0.0459 e. The molecule has 0 spiro atoms. The van der Waals surface area contributed by atoms with Crippen LogP contribution in [0.4, 0.5) is 0 Å². The lowest BCUT2D eigenvalue weighted by atomic mass is 9.96. The number of H-pyrrole nitrogens is 1. The molecular formula is C14H21ClN2. The monoisotopic (exact) mass is 252 g/mol. The van der Waals surface area contributed by atoms with E-state index in [2.05, 4.69) is 50.0 Å². The quantitative estimate of drug-likeness (QED) is 0.854. The second kappa shape index (κ2) is 5.56. The lowest BCUT2D eigenvalue weighted by molar-refractivity contribution is 0.510. The van der Waals surface area contributed by atoms with Crippen LogP contribution in [0.15, 0.2) is 24.3 Å². The fourth-order valence-electron chi connectivity index (χ4n) is 2.40. The van der Waals surface area contributed by atoms with E-state index in [1.807, 2.05) is 0 Å². The van der Waals surface area contributed by atoms with Crippen molar-refractivity contribution in [2.75, 3.05) is 0 Å². The highest BCUT2D eigenvalue weighted by atomic mass is 35.5. The predicted molar refractivity (Wildman–Crippen MR) is 76.7 cm³/mol. The van der Waals surface area contributed by atoms with E-state index >= 15 is 0 Å². The normalized spacial score (nSPS) is 12.8. The molecule has 1 atom stereocenters. The Morgan fingerprint density at radius 1 is 1.24 bits per heavy atom. The summed E-state index contributed by atoms with van der Waals surface area (Å²) in [4.78, 5) is 3.40. The number of para-hydroxylation sites is 1. The van der Waals surface area contributed by atoms with Gasteiger partial charge in [0.25, 0.3) is 0 Å². The molecule has 0 aliphatic rings. The molecule has 0 saturated heterocycles. The molecule has 1 aromatic heterocycles. The van der Waals surface area contributed by atoms with Gasteiger partial charge in [-0.2, -0.15) is 0 Å². The van der Waals surface area contributed by atoms with E-state index in [-0.39, 0.29) is 18.4 Å². The van der Waals surface area contributed by atoms with Crippen molar-refractivity contribution in [3.05, 3.63) is 35.5 Å². The van der Waals surface area contributed by atoms with Gasteiger partial charge in [0.05, 0.1) is 0 Å². The van der Waals surface area contributed by atoms with E-state index in [9.17, 15) is 0 Å². The molecule has 17 heavy (non-hydrogen) atoms. The minimum atomic E-state index is 0. The number of aryl methyl sites for hydroxylation is 1. The van der Waals surface area contributed by atoms with Gasteiger partial charge in [0.1, 0.15) is 0 Å². The predicted octanol–water partition coefficient (Wildman–Crippen LogP) is 3.94. The van der Waals surface area contributed by atoms with Gasteiger partial charge in [0, 0.05) is 22.6 Å². The van der Waals surface area contributed by atoms with Crippen LogP contribution < -0.4 is 5.73 Å². The number of rotatable bonds is 3. The largest absolute Gasteiger partial charge is 0.358 e. The fourth-order valence-corrected chi connectivity index (χ4v) is 2.40. The summed E-state index contributed by atoms with van der Waals surface area (Å²) in [7, 11) is 0. The molecule has 2 rings (SSSR count). The Balaban J connectivity index is 0.00000144. The van der Waals surface area contributed by atoms with Gasteiger partial charge in [0.2, 0.25) is 0 Å². The van der Waals surface area contributed by atoms with Crippen LogP contribution >= 0.6 is 12.4 Å². The zero-order chi connectivity index (χ0) is 11.7. The van der Waals surface area contributed by atoms with Crippen molar-refractivity contribution >= 4 is 23.3 Å². The van der Waals surface area contributed by atoms with Gasteiger partial charge in [-0.15, -0.1) is 12.4 Å². The summed E-state index contributed by atoms with van der Waals surface area (Å²) in [6.07, 6.45) is 1.03. The Morgan fingerprint density at radius 2 is 1.88 bits per heavy atom. The standard InChI is InChI=1S/C14H20N2.ClH/c1-9(2)8-12(15)14-10(3)16-13-7-5-4-6-11(13)14;/h4-7,9,12,16H,8,15H2,1-3H3;1H/t12-;/m0./s1. The van der Waals surface area contributed by atoms with E-state index in [1.165, 1.54) is 22.2 Å². The molecule has 0 radical (unpaired) electrons. The molecule has 1 aromatic carbocycles. The van der Waals surface area contributed by atoms with Gasteiger partial charge in [-0.1, -0.05) is 32.0 Å². The summed E-state index contributed by atoms with van der Waals surface area (Å²) in [6.45, 7) is 6.53. The molecule has 3 heteroatoms. The van der Waals surface area contributed by atoms with Gasteiger partial charge >= 0.3 is 0 Å². The summed E-state index contributed by atoms with van der Waals surface area (Å²) >= 11 is 0. The number of nitrogens with one attached hydrogen (secondary N) is 1. The number of halogens is 1. The van der Waals surface area contributed by atoms with Crippen LogP contribution in [0.2, 0.25) is 0 Å². The van der Waals surface area contributed by atoms with Crippen LogP contribution in [0.1, 0.15) is 37.6 Å². The molecule has 0 bridgehead atoms. The van der Waals surface area contributed by atoms with Crippen molar-refractivity contribution in [1.82, 2.24) is 4.98 Å². The molecule has 2 nitrogen and oxygen atoms in total. The van der Waals surface area contributed by atoms with Crippen LogP contribution in [0, 0.1) is 12.8 Å². The van der Waals surface area contributed by atoms with Crippen LogP contribution in [0.25, 0.3) is 10.9 Å². The smallest absolute Gasteiger partial charge is 0.0459 e. The molecule has 3 N–H and O–H groups in total. The van der Waals surface area contributed by atoms with Gasteiger partial charge in [-0.25, -0.2) is 0 Å². The lowest BCUT2D eigenvalue weighted by Gasteiger charge is -2.14. The van der Waals surface area contributed by atoms with Crippen LogP contribution in [0.3, 0.4) is 0 Å². The Labute approximate surface area is 109 Å². The van der Waals surface area contributed by atoms with Crippen LogP contribution in [-0.2, 0) is 0 Å². The zero-order valence-corrected chi connectivity index (χ0v) is 11.5. The summed E-state index contributed by atoms with van der Waals surface area (Å²) in [6, 6.07) is 8.51. The third-order valence-electron chi connectivity index (χ3n) is 3.04. The summed E-state index contributed by atoms with van der Waals surface area (Å²) < 4.78 is 0. The maximum atomic E-state index is 6.29. The van der Waals surface area contributed by atoms with Crippen molar-refractivity contribution < 1.29 is 0 Å². The first-order valence-electron chi connectivity index (χ1n) is 5.92. The number of hydrogen-bond acceptors (Lipinski definition) is 1. The molecule has 0 aliphatic heterocycles. The second-order valence-electron chi connectivity index (χ2n) is 4.95. The fraction of sp³-hybridized carbons (Fsp3) is 0.429. The minimum Gasteiger partial charge on any atom is -0.358 e. The first kappa shape index (κ1) is 14.1. The Morgan fingerprint density at radius 3 is 2.53 bits per heavy atom. The van der Waals surface area contributed by atoms with Gasteiger partial charge in [-0.05, 0) is 30.9 Å². The minimum absolute atomic E-state index is 0. The average Bonchev–Trinajstić information content (AvgIpc) is 2.52. The van der Waals surface area contributed by atoms with Crippen molar-refractivity contribution in [2.24, 2.45) is 11.7 Å². The molecular weight excluding hydrogens is 232 g/mol. The summed E-state index contributed by atoms with van der Waals surface area (Å²) in [5.74, 6) is 0.628. The highest BCUT2D eigenvalue weighted by molar-refractivity contribution is 5.85. The van der Waals surface area contributed by atoms with Crippen LogP contribution in [0.5, 0.6) is 0 Å². The Hall–Kier alpha value is -0.990. The highest BCUT2D eigenvalue weighted by Gasteiger charge is 2.15. The third-order valence-corrected chi connectivity index (χ3v) is 3.04. The number of nitrogens with two attached hydrogens (primary N) is 1. The Bertz CT molecular complexity index is 488. The first-order valence-corrected chi connectivity index (χ1v) is 5.92. The molecule has 2 aromatic rings. The van der Waals surface area contributed by atoms with Crippen molar-refractivity contribution in [2.45, 2.75) is 33.2 Å². The molecule has 0 amide bonds. The maximum absolute atomic E-state index is 6.29. The van der Waals surface area contributed by atoms with Crippen molar-refractivity contribution in [3.63, 3.8) is 0 Å². The van der Waals surface area contributed by atoms with Gasteiger partial charge in [-0.3, -0.25) is 0 Å². The van der Waals surface area contributed by atoms with Crippen LogP contribution in [-0.4, -0.2) is 4.98 Å². The number of aromatic nitrogens is 1. The number of benzene rings is 1. The molecule has 0 fully saturated rings. The molecule has 0 saturated carbocycles. The number of fused-ring (bicyclic) bond motifs is 1. The van der Waals surface area contributed by atoms with Crippen molar-refractivity contribution in [3.8, 4) is 0 Å². The van der Waals surface area contributed by atoms with E-state index in [1.54, 1.807) is 0 Å². The van der Waals surface area contributed by atoms with Gasteiger partial charge in [0.15, 0.2) is 0 Å². The van der Waals surface area contributed by atoms with E-state index in [0.717, 1.165) is 6.42 Å². The van der Waals surface area contributed by atoms with E-state index in [4.69, 9.17) is 5.73 Å². The SMILES string of the molecule is Cc1[nH]c2ccccc2c1[C@@H](N)CC(C)C.Cl. The van der Waals surface area contributed by atoms with Gasteiger partial charge < -0.3 is 10.7 Å². The zero-order valence-electron chi connectivity index (χ0n) is 10.7. The first-order chi connectivity index (χ1) is 7.59. The third kappa shape index (κ3) is 2.82. The number of aromatic amines is 1. The Kier molecular flexibility index (Phi) is 4.61. The average molecular weight is 253 g/mol. The highest BCUT2D eigenvalue weighted by Crippen LogP contribution is 2.29. The van der Waals surface area contributed by atoms with Crippen molar-refractivity contribution in [1.29, 1.82) is 0 Å². The number of hydrogen-bond donors (Lipinski definition) is 2. The molecule has 0 unspecified atom stereocenters. The molecule has 1 heterocycles. The second-order valence-corrected chi connectivity index (χ2v) is 4.95. The van der Waals surface area contributed by atoms with E-state index < -0.39 is 0 Å². The molecule has 94 valence electrons. The van der Waals surface area contributed by atoms with E-state index in [0.29, 0.717) is 5.92 Å². The summed E-state index contributed by atoms with van der Waals surface area (Å²) in [5, 5.41) is 1.27. The topological polar surface area (TPSA) is 41.8 Å².